The van der Waals surface area contributed by atoms with Gasteiger partial charge in [0, 0.05) is 0 Å². The van der Waals surface area contributed by atoms with E-state index in [0.717, 1.165) is 38.5 Å². The SMILES string of the molecule is CC(O)[C@H]1CC[C@H]2[C@@H]3C[C@H](O)[C@H]4C[C@@H](O)CC[C@]4(C)C3=CC[C@]12C. The number of aliphatic hydroxyl groups is 3. The summed E-state index contributed by atoms with van der Waals surface area (Å²) in [7, 11) is 0. The van der Waals surface area contributed by atoms with Gasteiger partial charge in [-0.15, -0.1) is 0 Å². The third-order valence-corrected chi connectivity index (χ3v) is 8.67. The van der Waals surface area contributed by atoms with Crippen LogP contribution in [0.15, 0.2) is 11.6 Å². The van der Waals surface area contributed by atoms with E-state index in [0.29, 0.717) is 17.8 Å². The zero-order valence-electron chi connectivity index (χ0n) is 15.4. The summed E-state index contributed by atoms with van der Waals surface area (Å²) < 4.78 is 0. The van der Waals surface area contributed by atoms with Crippen LogP contribution in [0.4, 0.5) is 0 Å². The maximum absolute atomic E-state index is 10.9. The number of allylic oxidation sites excluding steroid dienone is 2. The summed E-state index contributed by atoms with van der Waals surface area (Å²) in [6.45, 7) is 6.67. The smallest absolute Gasteiger partial charge is 0.0583 e. The fourth-order valence-electron chi connectivity index (χ4n) is 7.38. The summed E-state index contributed by atoms with van der Waals surface area (Å²) in [5.41, 5.74) is 1.82. The number of rotatable bonds is 1. The van der Waals surface area contributed by atoms with E-state index in [2.05, 4.69) is 19.9 Å². The van der Waals surface area contributed by atoms with Gasteiger partial charge in [0.05, 0.1) is 18.3 Å². The summed E-state index contributed by atoms with van der Waals surface area (Å²) in [4.78, 5) is 0. The monoisotopic (exact) mass is 334 g/mol. The molecule has 0 aliphatic heterocycles. The van der Waals surface area contributed by atoms with Gasteiger partial charge in [-0.3, -0.25) is 0 Å². The largest absolute Gasteiger partial charge is 0.393 e. The predicted octanol–water partition coefficient (Wildman–Crippen LogP) is 3.28. The second kappa shape index (κ2) is 5.56. The van der Waals surface area contributed by atoms with Crippen LogP contribution in [0.2, 0.25) is 0 Å². The minimum atomic E-state index is -0.292. The minimum absolute atomic E-state index is 0.0613. The van der Waals surface area contributed by atoms with Crippen molar-refractivity contribution in [1.29, 1.82) is 0 Å². The Kier molecular flexibility index (Phi) is 3.95. The quantitative estimate of drug-likeness (QED) is 0.645. The van der Waals surface area contributed by atoms with Crippen LogP contribution in [0.1, 0.15) is 65.7 Å². The molecule has 136 valence electrons. The van der Waals surface area contributed by atoms with Gasteiger partial charge in [-0.2, -0.15) is 0 Å². The lowest BCUT2D eigenvalue weighted by molar-refractivity contribution is -0.0846. The Morgan fingerprint density at radius 1 is 1.08 bits per heavy atom. The molecule has 0 radical (unpaired) electrons. The number of fused-ring (bicyclic) bond motifs is 5. The first-order chi connectivity index (χ1) is 11.3. The van der Waals surface area contributed by atoms with E-state index in [1.807, 2.05) is 6.92 Å². The molecule has 0 aromatic rings. The van der Waals surface area contributed by atoms with E-state index in [9.17, 15) is 15.3 Å². The molecule has 3 saturated carbocycles. The molecule has 4 aliphatic carbocycles. The van der Waals surface area contributed by atoms with Crippen molar-refractivity contribution in [3.63, 3.8) is 0 Å². The van der Waals surface area contributed by atoms with Crippen LogP contribution in [0.5, 0.6) is 0 Å². The van der Waals surface area contributed by atoms with Gasteiger partial charge in [0.1, 0.15) is 0 Å². The highest BCUT2D eigenvalue weighted by Gasteiger charge is 2.59. The summed E-state index contributed by atoms with van der Waals surface area (Å²) in [5.74, 6) is 1.66. The molecule has 3 N–H and O–H groups in total. The Balaban J connectivity index is 1.71. The van der Waals surface area contributed by atoms with Crippen LogP contribution in [0, 0.1) is 34.5 Å². The molecule has 0 spiro atoms. The Morgan fingerprint density at radius 3 is 2.54 bits per heavy atom. The normalized spacial score (nSPS) is 55.2. The van der Waals surface area contributed by atoms with Crippen molar-refractivity contribution in [3.05, 3.63) is 11.6 Å². The van der Waals surface area contributed by atoms with Gasteiger partial charge in [-0.25, -0.2) is 0 Å². The lowest BCUT2D eigenvalue weighted by Gasteiger charge is -2.58. The zero-order valence-corrected chi connectivity index (χ0v) is 15.4. The summed E-state index contributed by atoms with van der Waals surface area (Å²) in [5, 5.41) is 31.3. The number of hydrogen-bond donors (Lipinski definition) is 3. The standard InChI is InChI=1S/C21H34O3/c1-12(22)15-4-5-16-14-11-19(24)18-10-13(23)6-8-21(18,3)17(14)7-9-20(15,16)2/h7,12-16,18-19,22-24H,4-6,8-11H2,1-3H3/t12?,13-,14-,15+,16-,18+,19-,20+,21+/m0/s1. The Labute approximate surface area is 146 Å². The summed E-state index contributed by atoms with van der Waals surface area (Å²) >= 11 is 0. The van der Waals surface area contributed by atoms with E-state index < -0.39 is 0 Å². The fourth-order valence-corrected chi connectivity index (χ4v) is 7.38. The van der Waals surface area contributed by atoms with Crippen molar-refractivity contribution in [2.24, 2.45) is 34.5 Å². The highest BCUT2D eigenvalue weighted by molar-refractivity contribution is 5.30. The van der Waals surface area contributed by atoms with Crippen molar-refractivity contribution in [2.75, 3.05) is 0 Å². The molecule has 0 amide bonds. The lowest BCUT2D eigenvalue weighted by Crippen LogP contribution is -2.54. The van der Waals surface area contributed by atoms with Crippen LogP contribution >= 0.6 is 0 Å². The van der Waals surface area contributed by atoms with E-state index in [1.165, 1.54) is 6.42 Å². The average molecular weight is 335 g/mol. The number of aliphatic hydroxyl groups excluding tert-OH is 3. The maximum atomic E-state index is 10.9. The highest BCUT2D eigenvalue weighted by Crippen LogP contribution is 2.65. The Hall–Kier alpha value is -0.380. The van der Waals surface area contributed by atoms with E-state index in [4.69, 9.17) is 0 Å². The molecule has 1 unspecified atom stereocenters. The third kappa shape index (κ3) is 2.20. The van der Waals surface area contributed by atoms with Crippen molar-refractivity contribution < 1.29 is 15.3 Å². The van der Waals surface area contributed by atoms with Crippen molar-refractivity contribution >= 4 is 0 Å². The molecule has 0 heterocycles. The molecular formula is C21H34O3. The van der Waals surface area contributed by atoms with E-state index in [-0.39, 0.29) is 35.1 Å². The molecule has 3 fully saturated rings. The molecule has 4 aliphatic rings. The maximum Gasteiger partial charge on any atom is 0.0583 e. The van der Waals surface area contributed by atoms with Crippen molar-refractivity contribution in [1.82, 2.24) is 0 Å². The van der Waals surface area contributed by atoms with Crippen molar-refractivity contribution in [3.8, 4) is 0 Å². The Bertz CT molecular complexity index is 541. The summed E-state index contributed by atoms with van der Waals surface area (Å²) in [6.07, 6.45) is 8.55. The predicted molar refractivity (Wildman–Crippen MR) is 94.3 cm³/mol. The van der Waals surface area contributed by atoms with Gasteiger partial charge in [-0.1, -0.05) is 25.5 Å². The molecule has 0 bridgehead atoms. The zero-order chi connectivity index (χ0) is 17.3. The molecule has 9 atom stereocenters. The molecule has 0 aromatic heterocycles. The first kappa shape index (κ1) is 17.1. The molecule has 3 nitrogen and oxygen atoms in total. The van der Waals surface area contributed by atoms with Gasteiger partial charge in [0.15, 0.2) is 0 Å². The molecule has 0 saturated heterocycles. The van der Waals surface area contributed by atoms with Gasteiger partial charge in [0.25, 0.3) is 0 Å². The molecule has 0 aromatic carbocycles. The van der Waals surface area contributed by atoms with Gasteiger partial charge < -0.3 is 15.3 Å². The van der Waals surface area contributed by atoms with Gasteiger partial charge in [0.2, 0.25) is 0 Å². The van der Waals surface area contributed by atoms with Gasteiger partial charge in [-0.05, 0) is 86.4 Å². The minimum Gasteiger partial charge on any atom is -0.393 e. The van der Waals surface area contributed by atoms with E-state index in [1.54, 1.807) is 5.57 Å². The lowest BCUT2D eigenvalue weighted by atomic mass is 9.48. The van der Waals surface area contributed by atoms with Crippen LogP contribution in [-0.4, -0.2) is 33.6 Å². The van der Waals surface area contributed by atoms with Crippen LogP contribution in [0.3, 0.4) is 0 Å². The fraction of sp³-hybridized carbons (Fsp3) is 0.905. The third-order valence-electron chi connectivity index (χ3n) is 8.67. The molecule has 3 heteroatoms. The van der Waals surface area contributed by atoms with Crippen molar-refractivity contribution in [2.45, 2.75) is 84.0 Å². The van der Waals surface area contributed by atoms with Gasteiger partial charge >= 0.3 is 0 Å². The van der Waals surface area contributed by atoms with Crippen LogP contribution in [0.25, 0.3) is 0 Å². The second-order valence-electron chi connectivity index (χ2n) is 9.76. The Morgan fingerprint density at radius 2 is 1.83 bits per heavy atom. The van der Waals surface area contributed by atoms with Crippen LogP contribution < -0.4 is 0 Å². The number of hydrogen-bond acceptors (Lipinski definition) is 3. The molecular weight excluding hydrogens is 300 g/mol. The first-order valence-electron chi connectivity index (χ1n) is 10.0. The first-order valence-corrected chi connectivity index (χ1v) is 10.0. The van der Waals surface area contributed by atoms with Crippen LogP contribution in [-0.2, 0) is 0 Å². The highest BCUT2D eigenvalue weighted by atomic mass is 16.3. The molecule has 24 heavy (non-hydrogen) atoms. The second-order valence-corrected chi connectivity index (χ2v) is 9.76. The average Bonchev–Trinajstić information content (AvgIpc) is 2.87. The topological polar surface area (TPSA) is 60.7 Å². The van der Waals surface area contributed by atoms with E-state index >= 15 is 0 Å². The molecule has 4 rings (SSSR count). The summed E-state index contributed by atoms with van der Waals surface area (Å²) in [6, 6.07) is 0.